The van der Waals surface area contributed by atoms with Gasteiger partial charge in [-0.3, -0.25) is 0 Å². The van der Waals surface area contributed by atoms with Gasteiger partial charge in [-0.15, -0.1) is 0 Å². The van der Waals surface area contributed by atoms with Crippen LogP contribution in [0.4, 0.5) is 5.82 Å². The molecule has 92 valence electrons. The Morgan fingerprint density at radius 3 is 2.83 bits per heavy atom. The first-order valence-electron chi connectivity index (χ1n) is 5.54. The standard InChI is InChI=1S/C13H13N3O2/c1-16-4-3-9-10(16)5-8(6-12(9)17-2)11-7-13(14)15-18-11/h3-7H,1-2H3,(H2,14,15). The van der Waals surface area contributed by atoms with E-state index in [1.807, 2.05) is 36.0 Å². The van der Waals surface area contributed by atoms with Crippen LogP contribution in [0.5, 0.6) is 5.75 Å². The van der Waals surface area contributed by atoms with Crippen molar-refractivity contribution in [1.82, 2.24) is 9.72 Å². The SMILES string of the molecule is COc1cc(-c2cc(N)no2)cc2c1ccn2C. The summed E-state index contributed by atoms with van der Waals surface area (Å²) in [5.41, 5.74) is 7.53. The van der Waals surface area contributed by atoms with Gasteiger partial charge in [0.25, 0.3) is 0 Å². The van der Waals surface area contributed by atoms with Crippen LogP contribution in [0.1, 0.15) is 0 Å². The van der Waals surface area contributed by atoms with Crippen molar-refractivity contribution in [2.45, 2.75) is 0 Å². The average Bonchev–Trinajstić information content (AvgIpc) is 2.96. The van der Waals surface area contributed by atoms with E-state index in [0.29, 0.717) is 11.6 Å². The molecule has 5 heteroatoms. The van der Waals surface area contributed by atoms with Crippen LogP contribution in [0.15, 0.2) is 35.0 Å². The molecule has 2 aromatic heterocycles. The monoisotopic (exact) mass is 243 g/mol. The van der Waals surface area contributed by atoms with Gasteiger partial charge < -0.3 is 19.6 Å². The van der Waals surface area contributed by atoms with E-state index in [-0.39, 0.29) is 0 Å². The Balaban J connectivity index is 2.27. The maximum absolute atomic E-state index is 5.57. The highest BCUT2D eigenvalue weighted by Gasteiger charge is 2.11. The summed E-state index contributed by atoms with van der Waals surface area (Å²) in [5.74, 6) is 1.81. The van der Waals surface area contributed by atoms with Crippen LogP contribution >= 0.6 is 0 Å². The third-order valence-electron chi connectivity index (χ3n) is 3.00. The number of methoxy groups -OCH3 is 1. The second-order valence-corrected chi connectivity index (χ2v) is 4.15. The Morgan fingerprint density at radius 2 is 2.17 bits per heavy atom. The Kier molecular flexibility index (Phi) is 2.26. The number of hydrogen-bond donors (Lipinski definition) is 1. The molecule has 0 aliphatic heterocycles. The summed E-state index contributed by atoms with van der Waals surface area (Å²) in [4.78, 5) is 0. The lowest BCUT2D eigenvalue weighted by atomic mass is 10.1. The van der Waals surface area contributed by atoms with Gasteiger partial charge in [-0.05, 0) is 18.2 Å². The van der Waals surface area contributed by atoms with Crippen LogP contribution in [0.2, 0.25) is 0 Å². The van der Waals surface area contributed by atoms with Gasteiger partial charge in [0.1, 0.15) is 5.75 Å². The lowest BCUT2D eigenvalue weighted by Gasteiger charge is -2.05. The Morgan fingerprint density at radius 1 is 1.33 bits per heavy atom. The van der Waals surface area contributed by atoms with Crippen molar-refractivity contribution in [1.29, 1.82) is 0 Å². The molecule has 0 amide bonds. The van der Waals surface area contributed by atoms with Crippen LogP contribution in [0, 0.1) is 0 Å². The van der Waals surface area contributed by atoms with Gasteiger partial charge in [0.05, 0.1) is 12.6 Å². The Bertz CT molecular complexity index is 712. The minimum atomic E-state index is 0.371. The molecule has 2 N–H and O–H groups in total. The first kappa shape index (κ1) is 10.7. The number of hydrogen-bond acceptors (Lipinski definition) is 4. The number of ether oxygens (including phenoxy) is 1. The molecule has 5 nitrogen and oxygen atoms in total. The lowest BCUT2D eigenvalue weighted by molar-refractivity contribution is 0.418. The molecule has 0 bridgehead atoms. The molecule has 2 heterocycles. The number of anilines is 1. The summed E-state index contributed by atoms with van der Waals surface area (Å²) in [7, 11) is 3.64. The fourth-order valence-electron chi connectivity index (χ4n) is 2.07. The second-order valence-electron chi connectivity index (χ2n) is 4.15. The van der Waals surface area contributed by atoms with E-state index < -0.39 is 0 Å². The van der Waals surface area contributed by atoms with E-state index in [1.54, 1.807) is 13.2 Å². The number of benzene rings is 1. The van der Waals surface area contributed by atoms with E-state index in [0.717, 1.165) is 22.2 Å². The van der Waals surface area contributed by atoms with Crippen molar-refractivity contribution >= 4 is 16.7 Å². The van der Waals surface area contributed by atoms with Crippen LogP contribution < -0.4 is 10.5 Å². The molecule has 0 fully saturated rings. The van der Waals surface area contributed by atoms with E-state index in [9.17, 15) is 0 Å². The molecule has 3 aromatic rings. The number of rotatable bonds is 2. The summed E-state index contributed by atoms with van der Waals surface area (Å²) in [5, 5.41) is 4.76. The molecular weight excluding hydrogens is 230 g/mol. The van der Waals surface area contributed by atoms with Crippen LogP contribution in [0.25, 0.3) is 22.2 Å². The maximum Gasteiger partial charge on any atom is 0.169 e. The number of fused-ring (bicyclic) bond motifs is 1. The maximum atomic E-state index is 5.57. The third kappa shape index (κ3) is 1.52. The predicted octanol–water partition coefficient (Wildman–Crippen LogP) is 2.42. The molecule has 3 rings (SSSR count). The Hall–Kier alpha value is -2.43. The molecular formula is C13H13N3O2. The number of nitrogens with zero attached hydrogens (tertiary/aromatic N) is 2. The first-order chi connectivity index (χ1) is 8.69. The minimum absolute atomic E-state index is 0.371. The molecule has 0 saturated carbocycles. The van der Waals surface area contributed by atoms with E-state index >= 15 is 0 Å². The fourth-order valence-corrected chi connectivity index (χ4v) is 2.07. The highest BCUT2D eigenvalue weighted by Crippen LogP contribution is 2.33. The normalized spacial score (nSPS) is 11.0. The van der Waals surface area contributed by atoms with E-state index in [4.69, 9.17) is 15.0 Å². The van der Waals surface area contributed by atoms with Crippen molar-refractivity contribution in [2.24, 2.45) is 7.05 Å². The third-order valence-corrected chi connectivity index (χ3v) is 3.00. The zero-order valence-electron chi connectivity index (χ0n) is 10.2. The van der Waals surface area contributed by atoms with E-state index in [2.05, 4.69) is 5.16 Å². The minimum Gasteiger partial charge on any atom is -0.496 e. The van der Waals surface area contributed by atoms with Crippen molar-refractivity contribution in [3.05, 3.63) is 30.5 Å². The van der Waals surface area contributed by atoms with Gasteiger partial charge in [0.15, 0.2) is 11.6 Å². The van der Waals surface area contributed by atoms with Crippen molar-refractivity contribution < 1.29 is 9.26 Å². The number of nitrogen functional groups attached to an aromatic ring is 1. The van der Waals surface area contributed by atoms with Crippen LogP contribution in [-0.4, -0.2) is 16.8 Å². The van der Waals surface area contributed by atoms with Crippen molar-refractivity contribution in [3.63, 3.8) is 0 Å². The fraction of sp³-hybridized carbons (Fsp3) is 0.154. The molecule has 0 aliphatic carbocycles. The second kappa shape index (κ2) is 3.80. The van der Waals surface area contributed by atoms with Crippen LogP contribution in [0.3, 0.4) is 0 Å². The van der Waals surface area contributed by atoms with Crippen molar-refractivity contribution in [3.8, 4) is 17.1 Å². The first-order valence-corrected chi connectivity index (χ1v) is 5.54. The van der Waals surface area contributed by atoms with Gasteiger partial charge in [-0.25, -0.2) is 0 Å². The molecule has 0 aliphatic rings. The van der Waals surface area contributed by atoms with Crippen molar-refractivity contribution in [2.75, 3.05) is 12.8 Å². The summed E-state index contributed by atoms with van der Waals surface area (Å²) in [6, 6.07) is 7.66. The summed E-state index contributed by atoms with van der Waals surface area (Å²) in [6.07, 6.45) is 1.99. The van der Waals surface area contributed by atoms with Gasteiger partial charge in [-0.2, -0.15) is 0 Å². The molecule has 18 heavy (non-hydrogen) atoms. The zero-order chi connectivity index (χ0) is 12.7. The molecule has 0 spiro atoms. The lowest BCUT2D eigenvalue weighted by Crippen LogP contribution is -1.88. The largest absolute Gasteiger partial charge is 0.496 e. The van der Waals surface area contributed by atoms with Gasteiger partial charge in [0, 0.05) is 30.3 Å². The average molecular weight is 243 g/mol. The van der Waals surface area contributed by atoms with Gasteiger partial charge >= 0.3 is 0 Å². The zero-order valence-corrected chi connectivity index (χ0v) is 10.2. The Labute approximate surface area is 104 Å². The summed E-state index contributed by atoms with van der Waals surface area (Å²) < 4.78 is 12.6. The highest BCUT2D eigenvalue weighted by atomic mass is 16.5. The van der Waals surface area contributed by atoms with Gasteiger partial charge in [0.2, 0.25) is 0 Å². The molecule has 0 unspecified atom stereocenters. The summed E-state index contributed by atoms with van der Waals surface area (Å²) >= 11 is 0. The number of aryl methyl sites for hydroxylation is 1. The predicted molar refractivity (Wildman–Crippen MR) is 69.4 cm³/mol. The summed E-state index contributed by atoms with van der Waals surface area (Å²) in [6.45, 7) is 0. The number of nitrogens with two attached hydrogens (primary N) is 1. The van der Waals surface area contributed by atoms with E-state index in [1.165, 1.54) is 0 Å². The topological polar surface area (TPSA) is 66.2 Å². The van der Waals surface area contributed by atoms with Gasteiger partial charge in [-0.1, -0.05) is 5.16 Å². The highest BCUT2D eigenvalue weighted by molar-refractivity contribution is 5.90. The quantitative estimate of drug-likeness (QED) is 0.750. The number of aromatic nitrogens is 2. The molecule has 1 aromatic carbocycles. The smallest absolute Gasteiger partial charge is 0.169 e. The van der Waals surface area contributed by atoms with Crippen LogP contribution in [-0.2, 0) is 7.05 Å². The molecule has 0 radical (unpaired) electrons. The molecule has 0 atom stereocenters. The molecule has 0 saturated heterocycles.